The number of hydrogen-bond donors (Lipinski definition) is 0. The molecule has 0 amide bonds. The smallest absolute Gasteiger partial charge is 0.249 e. The quantitative estimate of drug-likeness (QED) is 0.120. The maximum Gasteiger partial charge on any atom is 0.249 e. The predicted molar refractivity (Wildman–Crippen MR) is 236 cm³/mol. The van der Waals surface area contributed by atoms with Gasteiger partial charge in [-0.25, -0.2) is 9.56 Å². The van der Waals surface area contributed by atoms with E-state index in [1.165, 1.54) is 66.1 Å². The highest BCUT2D eigenvalue weighted by Gasteiger charge is 2.48. The number of nitriles is 1. The molecule has 3 unspecified atom stereocenters. The van der Waals surface area contributed by atoms with Crippen molar-refractivity contribution in [2.24, 2.45) is 5.92 Å². The zero-order valence-corrected chi connectivity index (χ0v) is 35.0. The molecule has 3 aromatic heterocycles. The summed E-state index contributed by atoms with van der Waals surface area (Å²) in [6, 6.07) is 33.8. The van der Waals surface area contributed by atoms with E-state index in [-0.39, 0.29) is 12.0 Å². The first kappa shape index (κ1) is 37.2. The van der Waals surface area contributed by atoms with Crippen LogP contribution in [0.4, 0.5) is 0 Å². The Balaban J connectivity index is 1.28. The van der Waals surface area contributed by atoms with Crippen LogP contribution in [0.15, 0.2) is 115 Å². The first-order valence-corrected chi connectivity index (χ1v) is 24.8. The summed E-state index contributed by atoms with van der Waals surface area (Å²) in [4.78, 5) is 5.07. The van der Waals surface area contributed by atoms with Crippen LogP contribution in [0.5, 0.6) is 0 Å². The van der Waals surface area contributed by atoms with Crippen molar-refractivity contribution in [1.29, 1.82) is 5.26 Å². The normalized spacial score (nSPS) is 19.1. The molecule has 0 radical (unpaired) electrons. The fraction of sp³-hybridized carbons (Fsp3) is 0.333. The van der Waals surface area contributed by atoms with Gasteiger partial charge in [-0.2, -0.15) is 9.83 Å². The van der Waals surface area contributed by atoms with Crippen molar-refractivity contribution in [3.63, 3.8) is 0 Å². The fourth-order valence-corrected chi connectivity index (χ4v) is 11.1. The lowest BCUT2D eigenvalue weighted by molar-refractivity contribution is -0.622. The summed E-state index contributed by atoms with van der Waals surface area (Å²) in [7, 11) is -1.38. The van der Waals surface area contributed by atoms with E-state index in [2.05, 4.69) is 115 Å². The van der Waals surface area contributed by atoms with Crippen LogP contribution >= 0.6 is 0 Å². The van der Waals surface area contributed by atoms with Crippen LogP contribution in [0.3, 0.4) is 0 Å². The summed E-state index contributed by atoms with van der Waals surface area (Å²) in [6.45, 7) is 20.3. The van der Waals surface area contributed by atoms with Gasteiger partial charge < -0.3 is 4.42 Å². The number of allylic oxidation sites excluding steroid dienone is 1. The molecule has 286 valence electrons. The lowest BCUT2D eigenvalue weighted by atomic mass is 9.77. The molecule has 0 bridgehead atoms. The van der Waals surface area contributed by atoms with Gasteiger partial charge in [0.15, 0.2) is 11.8 Å². The maximum absolute atomic E-state index is 9.89. The summed E-state index contributed by atoms with van der Waals surface area (Å²) in [6.07, 6.45) is 12.9. The Labute approximate surface area is 338 Å². The van der Waals surface area contributed by atoms with Crippen LogP contribution in [0.2, 0.25) is 25.7 Å². The number of pyridine rings is 2. The van der Waals surface area contributed by atoms with E-state index in [9.17, 15) is 5.26 Å². The molecule has 2 aliphatic heterocycles. The van der Waals surface area contributed by atoms with Gasteiger partial charge in [-0.3, -0.25) is 0 Å². The molecule has 5 heterocycles. The lowest BCUT2D eigenvalue weighted by Gasteiger charge is -2.32. The van der Waals surface area contributed by atoms with Gasteiger partial charge in [-0.05, 0) is 85.1 Å². The standard InChI is InChI=1S/C51H54N4OSi/c1-7-46-41-20-14-13-19-40(41)42-23-21-36-22-24-43-44-25-26-45(39-18-12-11-17-38(39)32-52)53-51(44)56-50(43)48(36)47-31-37(33(2)35-15-9-8-10-16-35)27-28-54(47)34(3)49(42)55(46)29-30-57(4,5)6/h7,11-14,17-20,22,24-28,31,33,35,42,49H,1,3,8-10,15-16,21,23,29-30H2,2,4-6H3/q+2. The molecule has 57 heavy (non-hydrogen) atoms. The summed E-state index contributed by atoms with van der Waals surface area (Å²) in [5, 5.41) is 11.9. The maximum atomic E-state index is 9.89. The molecule has 0 spiro atoms. The van der Waals surface area contributed by atoms with Crippen LogP contribution in [-0.4, -0.2) is 35.9 Å². The average molecular weight is 767 g/mol. The molecule has 1 saturated carbocycles. The van der Waals surface area contributed by atoms with Gasteiger partial charge in [0, 0.05) is 46.2 Å². The minimum absolute atomic E-state index is 0.0551. The number of hydrogen-bond acceptors (Lipinski definition) is 3. The number of aryl methyl sites for hydroxylation is 1. The zero-order chi connectivity index (χ0) is 39.4. The summed E-state index contributed by atoms with van der Waals surface area (Å²) < 4.78 is 12.0. The second kappa shape index (κ2) is 14.8. The number of rotatable bonds is 7. The number of nitrogens with zero attached hydrogens (tertiary/aromatic N) is 4. The molecule has 6 heteroatoms. The molecule has 3 atom stereocenters. The summed E-state index contributed by atoms with van der Waals surface area (Å²) in [5.74, 6) is 1.37. The number of aromatic nitrogens is 2. The molecule has 3 aliphatic rings. The molecular formula is C51H54N4OSi+2. The summed E-state index contributed by atoms with van der Waals surface area (Å²) in [5.41, 5.74) is 13.5. The molecule has 6 aromatic rings. The molecule has 9 rings (SSSR count). The Morgan fingerprint density at radius 1 is 0.930 bits per heavy atom. The highest BCUT2D eigenvalue weighted by Crippen LogP contribution is 2.45. The third kappa shape index (κ3) is 6.60. The van der Waals surface area contributed by atoms with E-state index in [1.807, 2.05) is 30.3 Å². The molecular weight excluding hydrogens is 713 g/mol. The van der Waals surface area contributed by atoms with Crippen molar-refractivity contribution in [2.75, 3.05) is 6.54 Å². The van der Waals surface area contributed by atoms with Gasteiger partial charge >= 0.3 is 0 Å². The second-order valence-electron chi connectivity index (χ2n) is 17.9. The van der Waals surface area contributed by atoms with E-state index in [0.717, 1.165) is 64.0 Å². The molecule has 0 saturated heterocycles. The van der Waals surface area contributed by atoms with Crippen molar-refractivity contribution in [1.82, 2.24) is 4.98 Å². The molecule has 1 fully saturated rings. The highest BCUT2D eigenvalue weighted by molar-refractivity contribution is 6.76. The van der Waals surface area contributed by atoms with Crippen LogP contribution in [-0.2, 0) is 6.42 Å². The first-order chi connectivity index (χ1) is 27.6. The van der Waals surface area contributed by atoms with E-state index in [1.54, 1.807) is 0 Å². The van der Waals surface area contributed by atoms with Gasteiger partial charge in [0.05, 0.1) is 36.9 Å². The minimum atomic E-state index is -1.38. The minimum Gasteiger partial charge on any atom is -0.437 e. The van der Waals surface area contributed by atoms with E-state index < -0.39 is 8.07 Å². The number of fused-ring (bicyclic) bond motifs is 10. The third-order valence-corrected chi connectivity index (χ3v) is 15.1. The van der Waals surface area contributed by atoms with Crippen molar-refractivity contribution in [3.05, 3.63) is 138 Å². The van der Waals surface area contributed by atoms with Gasteiger partial charge in [0.2, 0.25) is 28.9 Å². The molecule has 5 nitrogen and oxygen atoms in total. The Bertz CT molecular complexity index is 2650. The third-order valence-electron chi connectivity index (χ3n) is 13.4. The van der Waals surface area contributed by atoms with Crippen molar-refractivity contribution in [2.45, 2.75) is 95.4 Å². The fourth-order valence-electron chi connectivity index (χ4n) is 10.2. The van der Waals surface area contributed by atoms with Gasteiger partial charge in [-0.15, -0.1) is 0 Å². The van der Waals surface area contributed by atoms with E-state index in [4.69, 9.17) is 16.0 Å². The molecule has 0 N–H and O–H groups in total. The van der Waals surface area contributed by atoms with Crippen LogP contribution in [0.25, 0.3) is 50.3 Å². The number of benzene rings is 3. The number of furan rings is 1. The second-order valence-corrected chi connectivity index (χ2v) is 23.6. The van der Waals surface area contributed by atoms with Crippen molar-refractivity contribution >= 4 is 41.6 Å². The Morgan fingerprint density at radius 3 is 2.46 bits per heavy atom. The van der Waals surface area contributed by atoms with Crippen molar-refractivity contribution in [3.8, 4) is 28.6 Å². The van der Waals surface area contributed by atoms with Crippen LogP contribution < -0.4 is 4.57 Å². The Hall–Kier alpha value is -5.38. The predicted octanol–water partition coefficient (Wildman–Crippen LogP) is 12.1. The first-order valence-electron chi connectivity index (χ1n) is 21.1. The van der Waals surface area contributed by atoms with E-state index in [0.29, 0.717) is 23.1 Å². The topological polar surface area (TPSA) is 56.7 Å². The lowest BCUT2D eigenvalue weighted by Crippen LogP contribution is -2.50. The van der Waals surface area contributed by atoms with Gasteiger partial charge in [0.1, 0.15) is 6.54 Å². The van der Waals surface area contributed by atoms with Gasteiger partial charge in [0.25, 0.3) is 0 Å². The van der Waals surface area contributed by atoms with E-state index >= 15 is 0 Å². The summed E-state index contributed by atoms with van der Waals surface area (Å²) >= 11 is 0. The SMILES string of the molecule is C=CC1=[N+](CC[Si](C)(C)C)C2C(=C)[n+]3ccc(C(C)C4CCCCC4)cc3-c3c(ccc4c3oc3nc(-c5ccccc5C#N)ccc34)CCC2c2ccccc21. The molecule has 3 aromatic carbocycles. The Morgan fingerprint density at radius 2 is 1.68 bits per heavy atom. The monoisotopic (exact) mass is 766 g/mol. The van der Waals surface area contributed by atoms with Crippen molar-refractivity contribution < 1.29 is 13.6 Å². The van der Waals surface area contributed by atoms with Crippen LogP contribution in [0.1, 0.15) is 85.1 Å². The highest BCUT2D eigenvalue weighted by atomic mass is 28.3. The van der Waals surface area contributed by atoms with Gasteiger partial charge in [-0.1, -0.05) is 101 Å². The molecule has 1 aliphatic carbocycles. The van der Waals surface area contributed by atoms with Crippen LogP contribution in [0, 0.1) is 17.2 Å². The average Bonchev–Trinajstić information content (AvgIpc) is 3.63. The zero-order valence-electron chi connectivity index (χ0n) is 34.0. The largest absolute Gasteiger partial charge is 0.437 e. The Kier molecular flexibility index (Phi) is 9.69.